The second kappa shape index (κ2) is 5.47. The van der Waals surface area contributed by atoms with E-state index in [1.165, 1.54) is 0 Å². The monoisotopic (exact) mass is 317 g/mol. The summed E-state index contributed by atoms with van der Waals surface area (Å²) in [5, 5.41) is 8.67. The van der Waals surface area contributed by atoms with Crippen LogP contribution in [0.2, 0.25) is 0 Å². The van der Waals surface area contributed by atoms with Crippen LogP contribution in [0.1, 0.15) is 16.1 Å². The third-order valence-corrected chi connectivity index (χ3v) is 5.56. The van der Waals surface area contributed by atoms with Crippen molar-refractivity contribution in [2.24, 2.45) is 0 Å². The fraction of sp³-hybridized carbons (Fsp3) is 0.444. The molecule has 0 aliphatic heterocycles. The number of hydrogen-bond donors (Lipinski definition) is 1. The summed E-state index contributed by atoms with van der Waals surface area (Å²) in [6.07, 6.45) is -5.72. The molecule has 0 aliphatic rings. The van der Waals surface area contributed by atoms with Crippen molar-refractivity contribution in [2.75, 3.05) is 13.6 Å². The second-order valence-corrected chi connectivity index (χ2v) is 6.97. The SMILES string of the molecule is CN(CCC(F)(F)F)S(=O)(=O)c1ccc(C(=O)O)s1. The molecular weight excluding hydrogens is 307 g/mol. The molecule has 1 N–H and O–H groups in total. The molecule has 0 aliphatic carbocycles. The van der Waals surface area contributed by atoms with Gasteiger partial charge in [0.15, 0.2) is 0 Å². The van der Waals surface area contributed by atoms with Crippen molar-refractivity contribution < 1.29 is 31.5 Å². The van der Waals surface area contributed by atoms with Gasteiger partial charge in [0.1, 0.15) is 9.09 Å². The first-order valence-electron chi connectivity index (χ1n) is 4.90. The summed E-state index contributed by atoms with van der Waals surface area (Å²) >= 11 is 0.499. The highest BCUT2D eigenvalue weighted by Gasteiger charge is 2.31. The molecule has 0 atom stereocenters. The first-order valence-corrected chi connectivity index (χ1v) is 7.16. The predicted octanol–water partition coefficient (Wildman–Crippen LogP) is 2.02. The number of rotatable bonds is 5. The number of hydrogen-bond acceptors (Lipinski definition) is 4. The van der Waals surface area contributed by atoms with Gasteiger partial charge in [-0.15, -0.1) is 11.3 Å². The lowest BCUT2D eigenvalue weighted by Crippen LogP contribution is -2.30. The average molecular weight is 317 g/mol. The number of nitrogens with zero attached hydrogens (tertiary/aromatic N) is 1. The predicted molar refractivity (Wildman–Crippen MR) is 61.8 cm³/mol. The summed E-state index contributed by atoms with van der Waals surface area (Å²) in [5.74, 6) is -1.29. The van der Waals surface area contributed by atoms with Crippen LogP contribution in [-0.2, 0) is 10.0 Å². The topological polar surface area (TPSA) is 74.7 Å². The average Bonchev–Trinajstić information content (AvgIpc) is 2.74. The van der Waals surface area contributed by atoms with Crippen molar-refractivity contribution in [1.82, 2.24) is 4.31 Å². The first kappa shape index (κ1) is 15.9. The lowest BCUT2D eigenvalue weighted by atomic mass is 10.4. The summed E-state index contributed by atoms with van der Waals surface area (Å²) in [6.45, 7) is -0.716. The van der Waals surface area contributed by atoms with Crippen LogP contribution in [0.15, 0.2) is 16.3 Å². The summed E-state index contributed by atoms with van der Waals surface area (Å²) in [6, 6.07) is 2.16. The molecule has 108 valence electrons. The van der Waals surface area contributed by atoms with Gasteiger partial charge in [0.05, 0.1) is 6.42 Å². The van der Waals surface area contributed by atoms with E-state index in [0.717, 1.165) is 19.2 Å². The Labute approximate surface area is 111 Å². The van der Waals surface area contributed by atoms with E-state index in [1.54, 1.807) is 0 Å². The van der Waals surface area contributed by atoms with Gasteiger partial charge in [-0.2, -0.15) is 17.5 Å². The lowest BCUT2D eigenvalue weighted by Gasteiger charge is -2.16. The molecular formula is C9H10F3NO4S2. The van der Waals surface area contributed by atoms with Gasteiger partial charge in [0, 0.05) is 13.6 Å². The molecule has 0 fully saturated rings. The number of carbonyl (C=O) groups is 1. The van der Waals surface area contributed by atoms with E-state index in [2.05, 4.69) is 0 Å². The summed E-state index contributed by atoms with van der Waals surface area (Å²) < 4.78 is 60.0. The zero-order chi connectivity index (χ0) is 14.8. The van der Waals surface area contributed by atoms with Crippen molar-refractivity contribution in [3.8, 4) is 0 Å². The van der Waals surface area contributed by atoms with Crippen molar-refractivity contribution in [3.63, 3.8) is 0 Å². The Bertz CT molecular complexity index is 564. The van der Waals surface area contributed by atoms with E-state index in [-0.39, 0.29) is 9.09 Å². The van der Waals surface area contributed by atoms with E-state index in [4.69, 9.17) is 5.11 Å². The normalized spacial score (nSPS) is 12.9. The summed E-state index contributed by atoms with van der Waals surface area (Å²) in [5.41, 5.74) is 0. The Morgan fingerprint density at radius 1 is 1.42 bits per heavy atom. The molecule has 0 aromatic carbocycles. The minimum absolute atomic E-state index is 0.192. The van der Waals surface area contributed by atoms with E-state index >= 15 is 0 Å². The third-order valence-electron chi connectivity index (χ3n) is 2.17. The molecule has 19 heavy (non-hydrogen) atoms. The summed E-state index contributed by atoms with van der Waals surface area (Å²) in [4.78, 5) is 10.4. The van der Waals surface area contributed by atoms with Gasteiger partial charge in [-0.25, -0.2) is 13.2 Å². The van der Waals surface area contributed by atoms with Crippen LogP contribution in [-0.4, -0.2) is 43.6 Å². The van der Waals surface area contributed by atoms with Gasteiger partial charge in [-0.3, -0.25) is 0 Å². The maximum atomic E-state index is 12.0. The molecule has 0 bridgehead atoms. The van der Waals surface area contributed by atoms with Crippen LogP contribution in [0.5, 0.6) is 0 Å². The Kier molecular flexibility index (Phi) is 4.59. The third kappa shape index (κ3) is 4.18. The smallest absolute Gasteiger partial charge is 0.390 e. The fourth-order valence-corrected chi connectivity index (χ4v) is 3.66. The molecule has 1 heterocycles. The molecule has 0 amide bonds. The zero-order valence-electron chi connectivity index (χ0n) is 9.64. The Hall–Kier alpha value is -1.13. The number of aromatic carboxylic acids is 1. The van der Waals surface area contributed by atoms with E-state index in [9.17, 15) is 26.4 Å². The van der Waals surface area contributed by atoms with Crippen LogP contribution in [0.25, 0.3) is 0 Å². The lowest BCUT2D eigenvalue weighted by molar-refractivity contribution is -0.135. The quantitative estimate of drug-likeness (QED) is 0.901. The molecule has 0 unspecified atom stereocenters. The molecule has 1 aromatic rings. The largest absolute Gasteiger partial charge is 0.477 e. The molecule has 10 heteroatoms. The number of sulfonamides is 1. The van der Waals surface area contributed by atoms with Crippen molar-refractivity contribution in [3.05, 3.63) is 17.0 Å². The molecule has 0 spiro atoms. The number of alkyl halides is 3. The standard InChI is InChI=1S/C9H10F3NO4S2/c1-13(5-4-9(10,11)12)19(16,17)7-3-2-6(18-7)8(14)15/h2-3H,4-5H2,1H3,(H,14,15). The highest BCUT2D eigenvalue weighted by molar-refractivity contribution is 7.91. The molecule has 1 aromatic heterocycles. The fourth-order valence-electron chi connectivity index (χ4n) is 1.13. The van der Waals surface area contributed by atoms with E-state index in [1.807, 2.05) is 0 Å². The van der Waals surface area contributed by atoms with Gasteiger partial charge in [-0.1, -0.05) is 0 Å². The molecule has 0 saturated carbocycles. The van der Waals surface area contributed by atoms with Crippen molar-refractivity contribution >= 4 is 27.3 Å². The molecule has 0 radical (unpaired) electrons. The van der Waals surface area contributed by atoms with E-state index in [0.29, 0.717) is 15.6 Å². The second-order valence-electron chi connectivity index (χ2n) is 3.62. The molecule has 5 nitrogen and oxygen atoms in total. The van der Waals surface area contributed by atoms with Crippen LogP contribution in [0, 0.1) is 0 Å². The summed E-state index contributed by atoms with van der Waals surface area (Å²) in [7, 11) is -3.07. The first-order chi connectivity index (χ1) is 8.54. The number of thiophene rings is 1. The van der Waals surface area contributed by atoms with Crippen molar-refractivity contribution in [2.45, 2.75) is 16.8 Å². The Balaban J connectivity index is 2.87. The number of halogens is 3. The Morgan fingerprint density at radius 2 is 2.00 bits per heavy atom. The van der Waals surface area contributed by atoms with Crippen LogP contribution < -0.4 is 0 Å². The molecule has 1 rings (SSSR count). The zero-order valence-corrected chi connectivity index (χ0v) is 11.3. The van der Waals surface area contributed by atoms with Crippen LogP contribution in [0.3, 0.4) is 0 Å². The van der Waals surface area contributed by atoms with Gasteiger partial charge >= 0.3 is 12.1 Å². The van der Waals surface area contributed by atoms with Crippen LogP contribution in [0.4, 0.5) is 13.2 Å². The minimum atomic E-state index is -4.45. The van der Waals surface area contributed by atoms with Gasteiger partial charge in [0.2, 0.25) is 0 Å². The van der Waals surface area contributed by atoms with Gasteiger partial charge in [0.25, 0.3) is 10.0 Å². The van der Waals surface area contributed by atoms with Gasteiger partial charge < -0.3 is 5.11 Å². The van der Waals surface area contributed by atoms with Crippen molar-refractivity contribution in [1.29, 1.82) is 0 Å². The molecule has 0 saturated heterocycles. The number of carboxylic acids is 1. The van der Waals surface area contributed by atoms with Crippen LogP contribution >= 0.6 is 11.3 Å². The maximum Gasteiger partial charge on any atom is 0.390 e. The minimum Gasteiger partial charge on any atom is -0.477 e. The number of carboxylic acid groups (broad SMARTS) is 1. The van der Waals surface area contributed by atoms with E-state index < -0.39 is 35.1 Å². The maximum absolute atomic E-state index is 12.0. The highest BCUT2D eigenvalue weighted by Crippen LogP contribution is 2.26. The van der Waals surface area contributed by atoms with Gasteiger partial charge in [-0.05, 0) is 12.1 Å². The Morgan fingerprint density at radius 3 is 2.42 bits per heavy atom. The highest BCUT2D eigenvalue weighted by atomic mass is 32.2.